The van der Waals surface area contributed by atoms with E-state index in [0.29, 0.717) is 18.3 Å². The van der Waals surface area contributed by atoms with Crippen molar-refractivity contribution in [3.63, 3.8) is 0 Å². The molecule has 1 saturated carbocycles. The lowest BCUT2D eigenvalue weighted by Crippen LogP contribution is -2.40. The van der Waals surface area contributed by atoms with Gasteiger partial charge in [0.1, 0.15) is 0 Å². The zero-order chi connectivity index (χ0) is 18.6. The molecule has 1 aliphatic carbocycles. The molecule has 26 heavy (non-hydrogen) atoms. The molecule has 1 amide bonds. The van der Waals surface area contributed by atoms with Crippen molar-refractivity contribution < 1.29 is 4.79 Å². The second-order valence-corrected chi connectivity index (χ2v) is 8.08. The van der Waals surface area contributed by atoms with Crippen LogP contribution in [-0.4, -0.2) is 38.4 Å². The Morgan fingerprint density at radius 1 is 1.31 bits per heavy atom. The average Bonchev–Trinajstić information content (AvgIpc) is 3.40. The SMILES string of the molecule is CCC(CC)(CNC(=O)CSc1nnnn1C1CC1)c1ccc(Cl)cc1. The molecule has 1 aliphatic rings. The number of halogens is 1. The molecule has 0 spiro atoms. The minimum absolute atomic E-state index is 0.000542. The first-order valence-electron chi connectivity index (χ1n) is 9.01. The van der Waals surface area contributed by atoms with Gasteiger partial charge >= 0.3 is 0 Å². The van der Waals surface area contributed by atoms with E-state index in [1.54, 1.807) is 0 Å². The molecule has 8 heteroatoms. The molecule has 1 aromatic carbocycles. The van der Waals surface area contributed by atoms with Crippen LogP contribution >= 0.6 is 23.4 Å². The van der Waals surface area contributed by atoms with Crippen LogP contribution in [0.25, 0.3) is 0 Å². The number of carbonyl (C=O) groups is 1. The van der Waals surface area contributed by atoms with Crippen LogP contribution < -0.4 is 5.32 Å². The first-order valence-corrected chi connectivity index (χ1v) is 10.4. The molecule has 6 nitrogen and oxygen atoms in total. The highest BCUT2D eigenvalue weighted by atomic mass is 35.5. The Labute approximate surface area is 163 Å². The van der Waals surface area contributed by atoms with Crippen molar-refractivity contribution in [1.82, 2.24) is 25.5 Å². The third kappa shape index (κ3) is 4.38. The number of hydrogen-bond donors (Lipinski definition) is 1. The summed E-state index contributed by atoms with van der Waals surface area (Å²) in [6.45, 7) is 4.92. The molecule has 0 saturated heterocycles. The van der Waals surface area contributed by atoms with Gasteiger partial charge in [-0.3, -0.25) is 4.79 Å². The maximum atomic E-state index is 12.4. The Kier molecular flexibility index (Phi) is 6.19. The zero-order valence-corrected chi connectivity index (χ0v) is 16.7. The van der Waals surface area contributed by atoms with Crippen molar-refractivity contribution >= 4 is 29.3 Å². The number of hydrogen-bond acceptors (Lipinski definition) is 5. The molecular formula is C18H24ClN5OS. The van der Waals surface area contributed by atoms with E-state index >= 15 is 0 Å². The predicted octanol–water partition coefficient (Wildman–Crippen LogP) is 3.63. The number of nitrogens with one attached hydrogen (secondary N) is 1. The van der Waals surface area contributed by atoms with E-state index in [-0.39, 0.29) is 11.3 Å². The maximum absolute atomic E-state index is 12.4. The highest BCUT2D eigenvalue weighted by Crippen LogP contribution is 2.36. The lowest BCUT2D eigenvalue weighted by molar-refractivity contribution is -0.118. The number of tetrazole rings is 1. The molecule has 3 rings (SSSR count). The van der Waals surface area contributed by atoms with Gasteiger partial charge < -0.3 is 5.32 Å². The fourth-order valence-corrected chi connectivity index (χ4v) is 3.99. The molecule has 140 valence electrons. The Bertz CT molecular complexity index is 740. The summed E-state index contributed by atoms with van der Waals surface area (Å²) in [5.41, 5.74) is 1.12. The smallest absolute Gasteiger partial charge is 0.230 e. The zero-order valence-electron chi connectivity index (χ0n) is 15.1. The normalized spacial score (nSPS) is 14.4. The van der Waals surface area contributed by atoms with Gasteiger partial charge in [0.25, 0.3) is 0 Å². The lowest BCUT2D eigenvalue weighted by Gasteiger charge is -2.32. The summed E-state index contributed by atoms with van der Waals surface area (Å²) in [6, 6.07) is 8.34. The monoisotopic (exact) mass is 393 g/mol. The summed E-state index contributed by atoms with van der Waals surface area (Å²) in [5.74, 6) is 0.317. The third-order valence-electron chi connectivity index (χ3n) is 5.12. The van der Waals surface area contributed by atoms with Gasteiger partial charge in [-0.05, 0) is 53.8 Å². The van der Waals surface area contributed by atoms with Crippen LogP contribution in [-0.2, 0) is 10.2 Å². The average molecular weight is 394 g/mol. The van der Waals surface area contributed by atoms with E-state index in [2.05, 4.69) is 46.8 Å². The number of aromatic nitrogens is 4. The fourth-order valence-electron chi connectivity index (χ4n) is 3.09. The first kappa shape index (κ1) is 19.2. The van der Waals surface area contributed by atoms with E-state index in [4.69, 9.17) is 11.6 Å². The van der Waals surface area contributed by atoms with E-state index in [1.807, 2.05) is 16.8 Å². The van der Waals surface area contributed by atoms with E-state index in [1.165, 1.54) is 17.3 Å². The van der Waals surface area contributed by atoms with Crippen LogP contribution in [0.2, 0.25) is 5.02 Å². The van der Waals surface area contributed by atoms with Crippen molar-refractivity contribution in [2.45, 2.75) is 56.1 Å². The van der Waals surface area contributed by atoms with Gasteiger partial charge in [-0.25, -0.2) is 4.68 Å². The lowest BCUT2D eigenvalue weighted by atomic mass is 9.76. The van der Waals surface area contributed by atoms with Gasteiger partial charge in [-0.15, -0.1) is 5.10 Å². The highest BCUT2D eigenvalue weighted by molar-refractivity contribution is 7.99. The van der Waals surface area contributed by atoms with E-state index in [9.17, 15) is 4.79 Å². The summed E-state index contributed by atoms with van der Waals surface area (Å²) in [5, 5.41) is 16.3. The quantitative estimate of drug-likeness (QED) is 0.658. The molecule has 1 fully saturated rings. The molecule has 0 atom stereocenters. The van der Waals surface area contributed by atoms with Crippen LogP contribution in [0.1, 0.15) is 51.1 Å². The third-order valence-corrected chi connectivity index (χ3v) is 6.31. The van der Waals surface area contributed by atoms with Crippen LogP contribution in [0.3, 0.4) is 0 Å². The van der Waals surface area contributed by atoms with Crippen molar-refractivity contribution in [3.8, 4) is 0 Å². The largest absolute Gasteiger partial charge is 0.354 e. The van der Waals surface area contributed by atoms with Crippen molar-refractivity contribution in [2.75, 3.05) is 12.3 Å². The van der Waals surface area contributed by atoms with Crippen LogP contribution in [0.5, 0.6) is 0 Å². The molecule has 0 bridgehead atoms. The maximum Gasteiger partial charge on any atom is 0.230 e. The Morgan fingerprint density at radius 3 is 2.62 bits per heavy atom. The van der Waals surface area contributed by atoms with E-state index < -0.39 is 0 Å². The van der Waals surface area contributed by atoms with Crippen molar-refractivity contribution in [1.29, 1.82) is 0 Å². The summed E-state index contributed by atoms with van der Waals surface area (Å²) in [6.07, 6.45) is 4.11. The Balaban J connectivity index is 1.57. The molecule has 0 unspecified atom stereocenters. The number of amides is 1. The highest BCUT2D eigenvalue weighted by Gasteiger charge is 2.30. The number of carbonyl (C=O) groups excluding carboxylic acids is 1. The minimum Gasteiger partial charge on any atom is -0.354 e. The molecule has 0 radical (unpaired) electrons. The summed E-state index contributed by atoms with van der Waals surface area (Å²) in [7, 11) is 0. The van der Waals surface area contributed by atoms with Crippen LogP contribution in [0.15, 0.2) is 29.4 Å². The van der Waals surface area contributed by atoms with Crippen LogP contribution in [0.4, 0.5) is 0 Å². The van der Waals surface area contributed by atoms with Crippen molar-refractivity contribution in [2.24, 2.45) is 0 Å². The van der Waals surface area contributed by atoms with Crippen molar-refractivity contribution in [3.05, 3.63) is 34.9 Å². The molecular weight excluding hydrogens is 370 g/mol. The number of thioether (sulfide) groups is 1. The number of rotatable bonds is 9. The predicted molar refractivity (Wildman–Crippen MR) is 104 cm³/mol. The fraction of sp³-hybridized carbons (Fsp3) is 0.556. The number of nitrogens with zero attached hydrogens (tertiary/aromatic N) is 4. The topological polar surface area (TPSA) is 72.7 Å². The van der Waals surface area contributed by atoms with Gasteiger partial charge in [-0.2, -0.15) is 0 Å². The number of benzene rings is 1. The molecule has 0 aliphatic heterocycles. The first-order chi connectivity index (χ1) is 12.6. The molecule has 1 aromatic heterocycles. The second kappa shape index (κ2) is 8.39. The van der Waals surface area contributed by atoms with Crippen LogP contribution in [0, 0.1) is 0 Å². The molecule has 2 aromatic rings. The summed E-state index contributed by atoms with van der Waals surface area (Å²) in [4.78, 5) is 12.4. The minimum atomic E-state index is -0.0828. The van der Waals surface area contributed by atoms with Gasteiger partial charge in [0, 0.05) is 17.0 Å². The second-order valence-electron chi connectivity index (χ2n) is 6.70. The standard InChI is InChI=1S/C18H24ClN5OS/c1-3-18(4-2,13-5-7-14(19)8-6-13)12-20-16(25)11-26-17-21-22-23-24(17)15-9-10-15/h5-8,15H,3-4,9-12H2,1-2H3,(H,20,25). The summed E-state index contributed by atoms with van der Waals surface area (Å²) < 4.78 is 1.83. The van der Waals surface area contributed by atoms with Gasteiger partial charge in [0.15, 0.2) is 0 Å². The van der Waals surface area contributed by atoms with Gasteiger partial charge in [-0.1, -0.05) is 49.3 Å². The summed E-state index contributed by atoms with van der Waals surface area (Å²) >= 11 is 7.41. The van der Waals surface area contributed by atoms with Gasteiger partial charge in [0.2, 0.25) is 11.1 Å². The Morgan fingerprint density at radius 2 is 2.00 bits per heavy atom. The van der Waals surface area contributed by atoms with Gasteiger partial charge in [0.05, 0.1) is 11.8 Å². The van der Waals surface area contributed by atoms with E-state index in [0.717, 1.165) is 35.9 Å². The molecule has 1 N–H and O–H groups in total. The molecule has 1 heterocycles. The Hall–Kier alpha value is -1.60.